The molecule has 4 nitrogen and oxygen atoms in total. The largest absolute Gasteiger partial charge is 0.416 e. The van der Waals surface area contributed by atoms with Crippen LogP contribution in [0, 0.1) is 0 Å². The summed E-state index contributed by atoms with van der Waals surface area (Å²) in [5.74, 6) is 0. The molecule has 0 saturated carbocycles. The number of hydrogen-bond acceptors (Lipinski definition) is 5. The molecule has 0 radical (unpaired) electrons. The molecule has 2 aromatic carbocycles. The first kappa shape index (κ1) is 25.7. The Labute approximate surface area is 217 Å². The van der Waals surface area contributed by atoms with Crippen molar-refractivity contribution in [1.82, 2.24) is 10.2 Å². The summed E-state index contributed by atoms with van der Waals surface area (Å²) in [6.07, 6.45) is -0.670. The predicted molar refractivity (Wildman–Crippen MR) is 142 cm³/mol. The third kappa shape index (κ3) is 5.65. The van der Waals surface area contributed by atoms with Crippen LogP contribution in [0.15, 0.2) is 40.1 Å². The molecule has 3 aliphatic heterocycles. The van der Waals surface area contributed by atoms with E-state index in [1.54, 1.807) is 0 Å². The first-order chi connectivity index (χ1) is 17.2. The highest BCUT2D eigenvalue weighted by Crippen LogP contribution is 2.46. The molecule has 3 heterocycles. The quantitative estimate of drug-likeness (QED) is 0.418. The lowest BCUT2D eigenvalue weighted by molar-refractivity contribution is -0.137. The molecule has 2 saturated heterocycles. The lowest BCUT2D eigenvalue weighted by Crippen LogP contribution is -2.54. The van der Waals surface area contributed by atoms with Crippen molar-refractivity contribution in [3.63, 3.8) is 0 Å². The van der Waals surface area contributed by atoms with Crippen LogP contribution in [0.1, 0.15) is 56.7 Å². The van der Waals surface area contributed by atoms with Gasteiger partial charge in [0.05, 0.1) is 5.56 Å². The SMILES string of the molecule is CCCN1CCC(Nc2cc(C(F)(F)F)cc3c2Cc2ccc(N4CC(C)NC(C)C4)cc2S3)CC1. The minimum Gasteiger partial charge on any atom is -0.382 e. The second kappa shape index (κ2) is 10.5. The van der Waals surface area contributed by atoms with Crippen LogP contribution in [0.3, 0.4) is 0 Å². The van der Waals surface area contributed by atoms with Crippen molar-refractivity contribution in [2.75, 3.05) is 42.9 Å². The molecule has 8 heteroatoms. The van der Waals surface area contributed by atoms with Gasteiger partial charge in [-0.2, -0.15) is 13.2 Å². The predicted octanol–water partition coefficient (Wildman–Crippen LogP) is 6.23. The van der Waals surface area contributed by atoms with Gasteiger partial charge in [0.25, 0.3) is 0 Å². The molecule has 196 valence electrons. The van der Waals surface area contributed by atoms with Crippen molar-refractivity contribution in [2.24, 2.45) is 0 Å². The van der Waals surface area contributed by atoms with Gasteiger partial charge < -0.3 is 20.4 Å². The van der Waals surface area contributed by atoms with Gasteiger partial charge in [-0.05, 0) is 75.0 Å². The van der Waals surface area contributed by atoms with Crippen LogP contribution >= 0.6 is 11.8 Å². The minimum absolute atomic E-state index is 0.205. The Hall–Kier alpha value is -1.90. The molecule has 2 atom stereocenters. The summed E-state index contributed by atoms with van der Waals surface area (Å²) in [5, 5.41) is 7.09. The number of likely N-dealkylation sites (tertiary alicyclic amines) is 1. The third-order valence-electron chi connectivity index (χ3n) is 7.58. The summed E-state index contributed by atoms with van der Waals surface area (Å²) >= 11 is 1.49. The molecule has 0 aromatic heterocycles. The molecule has 0 aliphatic carbocycles. The van der Waals surface area contributed by atoms with E-state index in [9.17, 15) is 13.2 Å². The van der Waals surface area contributed by atoms with Crippen LogP contribution in [-0.2, 0) is 12.6 Å². The standard InChI is InChI=1S/C28H37F3N4S/c1-4-9-34-10-7-22(8-11-34)33-25-13-21(28(29,30)31)14-27-24(25)12-20-5-6-23(15-26(20)36-27)35-16-18(2)32-19(3)17-35/h5-6,13-15,18-19,22,32-33H,4,7-12,16-17H2,1-3H3. The smallest absolute Gasteiger partial charge is 0.382 e. The Morgan fingerprint density at radius 2 is 1.75 bits per heavy atom. The average molecular weight is 519 g/mol. The fourth-order valence-electron chi connectivity index (χ4n) is 5.88. The van der Waals surface area contributed by atoms with Crippen molar-refractivity contribution in [2.45, 2.75) is 80.5 Å². The number of piperidine rings is 1. The van der Waals surface area contributed by atoms with Crippen LogP contribution in [0.25, 0.3) is 0 Å². The Kier molecular flexibility index (Phi) is 7.48. The zero-order valence-electron chi connectivity index (χ0n) is 21.4. The Bertz CT molecular complexity index is 1070. The van der Waals surface area contributed by atoms with Gasteiger partial charge in [-0.25, -0.2) is 0 Å². The second-order valence-electron chi connectivity index (χ2n) is 10.7. The lowest BCUT2D eigenvalue weighted by atomic mass is 9.97. The van der Waals surface area contributed by atoms with E-state index in [0.717, 1.165) is 73.0 Å². The van der Waals surface area contributed by atoms with Crippen LogP contribution in [-0.4, -0.2) is 55.7 Å². The average Bonchev–Trinajstić information content (AvgIpc) is 2.82. The highest BCUT2D eigenvalue weighted by atomic mass is 32.2. The summed E-state index contributed by atoms with van der Waals surface area (Å²) in [6.45, 7) is 11.5. The Morgan fingerprint density at radius 3 is 2.42 bits per heavy atom. The van der Waals surface area contributed by atoms with Crippen molar-refractivity contribution in [3.8, 4) is 0 Å². The number of nitrogens with one attached hydrogen (secondary N) is 2. The zero-order valence-corrected chi connectivity index (χ0v) is 22.2. The summed E-state index contributed by atoms with van der Waals surface area (Å²) < 4.78 is 41.6. The van der Waals surface area contributed by atoms with Gasteiger partial charge in [-0.1, -0.05) is 24.8 Å². The van der Waals surface area contributed by atoms with Crippen LogP contribution in [0.4, 0.5) is 24.5 Å². The molecular formula is C28H37F3N4S. The number of anilines is 2. The van der Waals surface area contributed by atoms with Crippen molar-refractivity contribution in [3.05, 3.63) is 47.0 Å². The molecule has 0 amide bonds. The summed E-state index contributed by atoms with van der Waals surface area (Å²) in [5.41, 5.74) is 3.42. The number of alkyl halides is 3. The van der Waals surface area contributed by atoms with Gasteiger partial charge in [-0.3, -0.25) is 0 Å². The number of rotatable bonds is 5. The van der Waals surface area contributed by atoms with Crippen LogP contribution < -0.4 is 15.5 Å². The number of hydrogen-bond donors (Lipinski definition) is 2. The van der Waals surface area contributed by atoms with E-state index in [0.29, 0.717) is 24.2 Å². The minimum atomic E-state index is -4.37. The summed E-state index contributed by atoms with van der Waals surface area (Å²) in [6, 6.07) is 10.2. The van der Waals surface area contributed by atoms with E-state index in [-0.39, 0.29) is 6.04 Å². The Morgan fingerprint density at radius 1 is 1.03 bits per heavy atom. The maximum Gasteiger partial charge on any atom is 0.416 e. The van der Waals surface area contributed by atoms with E-state index in [1.165, 1.54) is 29.5 Å². The van der Waals surface area contributed by atoms with Crippen molar-refractivity contribution in [1.29, 1.82) is 0 Å². The topological polar surface area (TPSA) is 30.5 Å². The molecule has 2 aromatic rings. The van der Waals surface area contributed by atoms with Gasteiger partial charge in [0, 0.05) is 71.9 Å². The maximum absolute atomic E-state index is 13.9. The number of benzene rings is 2. The van der Waals surface area contributed by atoms with Gasteiger partial charge in [0.15, 0.2) is 0 Å². The molecule has 2 fully saturated rings. The number of nitrogens with zero attached hydrogens (tertiary/aromatic N) is 2. The molecule has 2 unspecified atom stereocenters. The third-order valence-corrected chi connectivity index (χ3v) is 8.77. The van der Waals surface area contributed by atoms with Crippen LogP contribution in [0.5, 0.6) is 0 Å². The highest BCUT2D eigenvalue weighted by Gasteiger charge is 2.34. The van der Waals surface area contributed by atoms with Crippen LogP contribution in [0.2, 0.25) is 0 Å². The zero-order chi connectivity index (χ0) is 25.4. The second-order valence-corrected chi connectivity index (χ2v) is 11.8. The van der Waals surface area contributed by atoms with Gasteiger partial charge in [0.1, 0.15) is 0 Å². The molecule has 5 rings (SSSR count). The highest BCUT2D eigenvalue weighted by molar-refractivity contribution is 7.99. The van der Waals surface area contributed by atoms with Crippen molar-refractivity contribution >= 4 is 23.1 Å². The number of fused-ring (bicyclic) bond motifs is 2. The Balaban J connectivity index is 1.40. The van der Waals surface area contributed by atoms with Gasteiger partial charge in [0.2, 0.25) is 0 Å². The van der Waals surface area contributed by atoms with E-state index in [4.69, 9.17) is 0 Å². The molecule has 36 heavy (non-hydrogen) atoms. The van der Waals surface area contributed by atoms with Gasteiger partial charge in [-0.15, -0.1) is 0 Å². The first-order valence-corrected chi connectivity index (χ1v) is 14.1. The monoisotopic (exact) mass is 518 g/mol. The van der Waals surface area contributed by atoms with E-state index in [1.807, 2.05) is 0 Å². The lowest BCUT2D eigenvalue weighted by Gasteiger charge is -2.38. The van der Waals surface area contributed by atoms with E-state index >= 15 is 0 Å². The molecule has 0 bridgehead atoms. The molecular weight excluding hydrogens is 481 g/mol. The summed E-state index contributed by atoms with van der Waals surface area (Å²) in [7, 11) is 0. The van der Waals surface area contributed by atoms with Crippen molar-refractivity contribution < 1.29 is 13.2 Å². The number of halogens is 3. The fraction of sp³-hybridized carbons (Fsp3) is 0.571. The normalized spacial score (nSPS) is 23.3. The number of piperazine rings is 1. The maximum atomic E-state index is 13.9. The molecule has 3 aliphatic rings. The van der Waals surface area contributed by atoms with E-state index in [2.05, 4.69) is 59.4 Å². The molecule has 0 spiro atoms. The fourth-order valence-corrected chi connectivity index (χ4v) is 7.05. The van der Waals surface area contributed by atoms with Gasteiger partial charge >= 0.3 is 6.18 Å². The molecule has 2 N–H and O–H groups in total. The first-order valence-electron chi connectivity index (χ1n) is 13.2. The summed E-state index contributed by atoms with van der Waals surface area (Å²) in [4.78, 5) is 6.62. The van der Waals surface area contributed by atoms with E-state index < -0.39 is 11.7 Å².